The van der Waals surface area contributed by atoms with E-state index in [1.165, 1.54) is 4.90 Å². The quantitative estimate of drug-likeness (QED) is 0.775. The Bertz CT molecular complexity index is 539. The highest BCUT2D eigenvalue weighted by molar-refractivity contribution is 6.05. The Morgan fingerprint density at radius 3 is 2.20 bits per heavy atom. The fraction of sp³-hybridized carbons (Fsp3) is 0.667. The number of carbonyl (C=O) groups excluding carboxylic acids is 2. The van der Waals surface area contributed by atoms with Gasteiger partial charge >= 0.3 is 0 Å². The molecule has 0 aromatic carbocycles. The smallest absolute Gasteiger partial charge is 0.233 e. The van der Waals surface area contributed by atoms with Crippen LogP contribution < -0.4 is 0 Å². The number of imide groups is 1. The maximum Gasteiger partial charge on any atom is 0.233 e. The summed E-state index contributed by atoms with van der Waals surface area (Å²) in [6.07, 6.45) is 5.63. The Morgan fingerprint density at radius 2 is 1.75 bits per heavy atom. The molecule has 5 nitrogen and oxygen atoms in total. The van der Waals surface area contributed by atoms with Gasteiger partial charge in [-0.2, -0.15) is 5.10 Å². The highest BCUT2D eigenvalue weighted by Gasteiger charge is 2.50. The molecule has 0 N–H and O–H groups in total. The molecule has 20 heavy (non-hydrogen) atoms. The van der Waals surface area contributed by atoms with E-state index >= 15 is 0 Å². The van der Waals surface area contributed by atoms with Gasteiger partial charge in [-0.25, -0.2) is 0 Å². The summed E-state index contributed by atoms with van der Waals surface area (Å²) >= 11 is 0. The first-order valence-corrected chi connectivity index (χ1v) is 7.37. The lowest BCUT2D eigenvalue weighted by Gasteiger charge is -2.23. The van der Waals surface area contributed by atoms with Crippen LogP contribution in [-0.2, 0) is 16.6 Å². The first-order chi connectivity index (χ1) is 9.52. The summed E-state index contributed by atoms with van der Waals surface area (Å²) in [5, 5.41) is 4.22. The molecule has 1 aromatic heterocycles. The van der Waals surface area contributed by atoms with E-state index in [1.54, 1.807) is 10.9 Å². The Morgan fingerprint density at radius 1 is 1.20 bits per heavy atom. The average Bonchev–Trinajstić information content (AvgIpc) is 2.90. The fourth-order valence-electron chi connectivity index (χ4n) is 3.63. The lowest BCUT2D eigenvalue weighted by molar-refractivity contribution is -0.142. The van der Waals surface area contributed by atoms with Crippen LogP contribution in [0, 0.1) is 18.8 Å². The van der Waals surface area contributed by atoms with E-state index in [9.17, 15) is 9.59 Å². The molecule has 0 spiro atoms. The summed E-state index contributed by atoms with van der Waals surface area (Å²) in [5.74, 6) is -0.0998. The standard InChI is InChI=1S/C15H21N3O2/c1-9-13(8-16-17(9)3)10(2)18-14(19)11-6-4-5-7-12(11)15(18)20/h8,10-12H,4-7H2,1-3H3/t10-,11-,12+/m0/s1. The first kappa shape index (κ1) is 13.3. The minimum absolute atomic E-state index is 0.0236. The number of aromatic nitrogens is 2. The van der Waals surface area contributed by atoms with Gasteiger partial charge in [-0.05, 0) is 26.7 Å². The van der Waals surface area contributed by atoms with Gasteiger partial charge in [-0.3, -0.25) is 19.2 Å². The minimum Gasteiger partial charge on any atom is -0.275 e. The van der Waals surface area contributed by atoms with Crippen LogP contribution in [0.1, 0.15) is 49.9 Å². The van der Waals surface area contributed by atoms with Gasteiger partial charge < -0.3 is 0 Å². The van der Waals surface area contributed by atoms with Crippen molar-refractivity contribution in [2.24, 2.45) is 18.9 Å². The number of hydrogen-bond donors (Lipinski definition) is 0. The van der Waals surface area contributed by atoms with E-state index in [0.717, 1.165) is 36.9 Å². The molecule has 5 heteroatoms. The molecule has 0 unspecified atom stereocenters. The Labute approximate surface area is 118 Å². The number of fused-ring (bicyclic) bond motifs is 1. The van der Waals surface area contributed by atoms with Crippen molar-refractivity contribution >= 4 is 11.8 Å². The van der Waals surface area contributed by atoms with Crippen molar-refractivity contribution in [2.75, 3.05) is 0 Å². The highest BCUT2D eigenvalue weighted by Crippen LogP contribution is 2.41. The zero-order chi connectivity index (χ0) is 14.4. The number of likely N-dealkylation sites (tertiary alicyclic amines) is 1. The van der Waals surface area contributed by atoms with E-state index in [4.69, 9.17) is 0 Å². The third-order valence-corrected chi connectivity index (χ3v) is 4.99. The van der Waals surface area contributed by atoms with Crippen molar-refractivity contribution in [1.29, 1.82) is 0 Å². The van der Waals surface area contributed by atoms with E-state index < -0.39 is 0 Å². The van der Waals surface area contributed by atoms with Crippen LogP contribution in [0.4, 0.5) is 0 Å². The summed E-state index contributed by atoms with van der Waals surface area (Å²) < 4.78 is 1.78. The summed E-state index contributed by atoms with van der Waals surface area (Å²) in [6.45, 7) is 3.90. The van der Waals surface area contributed by atoms with Crippen LogP contribution >= 0.6 is 0 Å². The number of rotatable bonds is 2. The molecule has 0 bridgehead atoms. The van der Waals surface area contributed by atoms with Gasteiger partial charge in [0.05, 0.1) is 24.1 Å². The summed E-state index contributed by atoms with van der Waals surface area (Å²) in [4.78, 5) is 26.6. The summed E-state index contributed by atoms with van der Waals surface area (Å²) in [7, 11) is 1.87. The Kier molecular flexibility index (Phi) is 3.15. The summed E-state index contributed by atoms with van der Waals surface area (Å²) in [5.41, 5.74) is 1.97. The molecule has 1 saturated heterocycles. The molecule has 2 aliphatic rings. The molecule has 1 aliphatic carbocycles. The molecule has 1 aromatic rings. The first-order valence-electron chi connectivity index (χ1n) is 7.37. The number of aryl methyl sites for hydroxylation is 1. The monoisotopic (exact) mass is 275 g/mol. The number of carbonyl (C=O) groups is 2. The van der Waals surface area contributed by atoms with E-state index in [0.29, 0.717) is 0 Å². The lowest BCUT2D eigenvalue weighted by Crippen LogP contribution is -2.34. The molecular formula is C15H21N3O2. The molecule has 2 fully saturated rings. The molecule has 0 radical (unpaired) electrons. The molecule has 1 saturated carbocycles. The van der Waals surface area contributed by atoms with Crippen LogP contribution in [0.25, 0.3) is 0 Å². The average molecular weight is 275 g/mol. The predicted octanol–water partition coefficient (Wildman–Crippen LogP) is 1.96. The third kappa shape index (κ3) is 1.79. The van der Waals surface area contributed by atoms with Gasteiger partial charge in [0.1, 0.15) is 0 Å². The number of amides is 2. The zero-order valence-electron chi connectivity index (χ0n) is 12.3. The number of nitrogens with zero attached hydrogens (tertiary/aromatic N) is 3. The molecule has 2 amide bonds. The SMILES string of the molecule is Cc1c([C@H](C)N2C(=O)[C@H]3CCCC[C@H]3C2=O)cnn1C. The third-order valence-electron chi connectivity index (χ3n) is 4.99. The second-order valence-electron chi connectivity index (χ2n) is 6.03. The highest BCUT2D eigenvalue weighted by atomic mass is 16.2. The largest absolute Gasteiger partial charge is 0.275 e. The molecular weight excluding hydrogens is 254 g/mol. The fourth-order valence-corrected chi connectivity index (χ4v) is 3.63. The molecule has 1 aliphatic heterocycles. The van der Waals surface area contributed by atoms with Gasteiger partial charge in [-0.15, -0.1) is 0 Å². The van der Waals surface area contributed by atoms with Crippen molar-refractivity contribution in [3.05, 3.63) is 17.5 Å². The maximum atomic E-state index is 12.6. The van der Waals surface area contributed by atoms with E-state index in [2.05, 4.69) is 5.10 Å². The van der Waals surface area contributed by atoms with Crippen LogP contribution in [0.3, 0.4) is 0 Å². The minimum atomic E-state index is -0.214. The second kappa shape index (κ2) is 4.72. The summed E-state index contributed by atoms with van der Waals surface area (Å²) in [6, 6.07) is -0.214. The second-order valence-corrected chi connectivity index (χ2v) is 6.03. The molecule has 3 atom stereocenters. The van der Waals surface area contributed by atoms with Crippen molar-refractivity contribution in [3.63, 3.8) is 0 Å². The predicted molar refractivity (Wildman–Crippen MR) is 73.7 cm³/mol. The lowest BCUT2D eigenvalue weighted by atomic mass is 9.81. The zero-order valence-corrected chi connectivity index (χ0v) is 12.3. The van der Waals surface area contributed by atoms with E-state index in [1.807, 2.05) is 20.9 Å². The van der Waals surface area contributed by atoms with Crippen LogP contribution in [0.2, 0.25) is 0 Å². The van der Waals surface area contributed by atoms with Crippen molar-refractivity contribution in [3.8, 4) is 0 Å². The van der Waals surface area contributed by atoms with Gasteiger partial charge in [0.15, 0.2) is 0 Å². The Hall–Kier alpha value is -1.65. The van der Waals surface area contributed by atoms with Crippen molar-refractivity contribution < 1.29 is 9.59 Å². The van der Waals surface area contributed by atoms with Gasteiger partial charge in [0.25, 0.3) is 0 Å². The van der Waals surface area contributed by atoms with Gasteiger partial charge in [-0.1, -0.05) is 12.8 Å². The van der Waals surface area contributed by atoms with Gasteiger partial charge in [0, 0.05) is 18.3 Å². The topological polar surface area (TPSA) is 55.2 Å². The van der Waals surface area contributed by atoms with Gasteiger partial charge in [0.2, 0.25) is 11.8 Å². The van der Waals surface area contributed by atoms with Crippen molar-refractivity contribution in [1.82, 2.24) is 14.7 Å². The molecule has 3 rings (SSSR count). The maximum absolute atomic E-state index is 12.6. The van der Waals surface area contributed by atoms with Crippen LogP contribution in [-0.4, -0.2) is 26.5 Å². The molecule has 108 valence electrons. The Balaban J connectivity index is 1.91. The molecule has 2 heterocycles. The van der Waals surface area contributed by atoms with E-state index in [-0.39, 0.29) is 29.7 Å². The van der Waals surface area contributed by atoms with Crippen LogP contribution in [0.5, 0.6) is 0 Å². The van der Waals surface area contributed by atoms with Crippen LogP contribution in [0.15, 0.2) is 6.20 Å². The van der Waals surface area contributed by atoms with Crippen molar-refractivity contribution in [2.45, 2.75) is 45.6 Å². The normalized spacial score (nSPS) is 27.9. The number of hydrogen-bond acceptors (Lipinski definition) is 3.